The summed E-state index contributed by atoms with van der Waals surface area (Å²) in [5.41, 5.74) is -0.897. The summed E-state index contributed by atoms with van der Waals surface area (Å²) in [6.45, 7) is 1.79. The number of fused-ring (bicyclic) bond motifs is 1. The zero-order valence-electron chi connectivity index (χ0n) is 9.31. The molecule has 0 aliphatic carbocycles. The lowest BCUT2D eigenvalue weighted by atomic mass is 9.83. The fourth-order valence-electron chi connectivity index (χ4n) is 2.24. The first-order valence-corrected chi connectivity index (χ1v) is 5.69. The summed E-state index contributed by atoms with van der Waals surface area (Å²) in [4.78, 5) is 10.8. The van der Waals surface area contributed by atoms with Crippen LogP contribution in [0.5, 0.6) is 5.75 Å². The number of aliphatic carboxylic acids is 1. The minimum atomic E-state index is -1.39. The summed E-state index contributed by atoms with van der Waals surface area (Å²) in [7, 11) is 0. The first-order valence-electron chi connectivity index (χ1n) is 5.31. The van der Waals surface area contributed by atoms with E-state index < -0.39 is 11.6 Å². The Morgan fingerprint density at radius 3 is 3.00 bits per heavy atom. The van der Waals surface area contributed by atoms with E-state index in [0.29, 0.717) is 16.3 Å². The maximum Gasteiger partial charge on any atom is 0.306 e. The van der Waals surface area contributed by atoms with Crippen molar-refractivity contribution >= 4 is 17.6 Å². The minimum absolute atomic E-state index is 0.245. The number of hydrogen-bond acceptors (Lipinski definition) is 3. The van der Waals surface area contributed by atoms with E-state index >= 15 is 0 Å². The molecule has 92 valence electrons. The van der Waals surface area contributed by atoms with Gasteiger partial charge in [0.15, 0.2) is 0 Å². The van der Waals surface area contributed by atoms with Crippen LogP contribution in [0.4, 0.5) is 0 Å². The third-order valence-electron chi connectivity index (χ3n) is 2.84. The fourth-order valence-corrected chi connectivity index (χ4v) is 2.40. The average Bonchev–Trinajstić information content (AvgIpc) is 2.13. The molecular weight excluding hydrogens is 244 g/mol. The van der Waals surface area contributed by atoms with Gasteiger partial charge in [0.1, 0.15) is 11.4 Å². The number of carboxylic acids is 1. The quantitative estimate of drug-likeness (QED) is 0.851. The van der Waals surface area contributed by atoms with Crippen LogP contribution in [-0.4, -0.2) is 22.3 Å². The molecule has 2 atom stereocenters. The van der Waals surface area contributed by atoms with Gasteiger partial charge in [-0.3, -0.25) is 4.79 Å². The maximum atomic E-state index is 10.8. The van der Waals surface area contributed by atoms with Crippen molar-refractivity contribution in [2.75, 3.05) is 0 Å². The number of carboxylic acid groups (broad SMARTS) is 1. The number of aliphatic hydroxyl groups is 1. The van der Waals surface area contributed by atoms with Crippen molar-refractivity contribution < 1.29 is 19.7 Å². The van der Waals surface area contributed by atoms with Gasteiger partial charge in [-0.1, -0.05) is 17.7 Å². The Morgan fingerprint density at radius 2 is 2.35 bits per heavy atom. The number of ether oxygens (including phenoxy) is 1. The van der Waals surface area contributed by atoms with Crippen LogP contribution in [0.1, 0.15) is 25.3 Å². The zero-order valence-corrected chi connectivity index (χ0v) is 10.1. The smallest absolute Gasteiger partial charge is 0.306 e. The van der Waals surface area contributed by atoms with Crippen molar-refractivity contribution in [2.45, 2.75) is 31.5 Å². The topological polar surface area (TPSA) is 66.8 Å². The highest BCUT2D eigenvalue weighted by atomic mass is 35.5. The number of halogens is 1. The number of benzene rings is 1. The Bertz CT molecular complexity index is 460. The molecule has 1 aliphatic heterocycles. The summed E-state index contributed by atoms with van der Waals surface area (Å²) in [6, 6.07) is 4.83. The number of rotatable bonds is 2. The van der Waals surface area contributed by atoms with Gasteiger partial charge in [-0.25, -0.2) is 0 Å². The molecule has 17 heavy (non-hydrogen) atoms. The van der Waals surface area contributed by atoms with Gasteiger partial charge in [0, 0.05) is 17.0 Å². The first kappa shape index (κ1) is 12.2. The molecule has 1 aromatic rings. The van der Waals surface area contributed by atoms with Gasteiger partial charge >= 0.3 is 5.97 Å². The molecule has 0 amide bonds. The Morgan fingerprint density at radius 1 is 1.65 bits per heavy atom. The predicted octanol–water partition coefficient (Wildman–Crippen LogP) is 2.17. The highest BCUT2D eigenvalue weighted by Crippen LogP contribution is 2.42. The molecule has 0 radical (unpaired) electrons. The van der Waals surface area contributed by atoms with Crippen molar-refractivity contribution in [1.82, 2.24) is 0 Å². The van der Waals surface area contributed by atoms with Crippen LogP contribution in [0.3, 0.4) is 0 Å². The lowest BCUT2D eigenvalue weighted by Gasteiger charge is -2.36. The largest absolute Gasteiger partial charge is 0.490 e. The van der Waals surface area contributed by atoms with Crippen molar-refractivity contribution in [2.24, 2.45) is 0 Å². The molecule has 0 unspecified atom stereocenters. The average molecular weight is 257 g/mol. The molecule has 0 spiro atoms. The zero-order chi connectivity index (χ0) is 12.6. The van der Waals surface area contributed by atoms with E-state index in [2.05, 4.69) is 0 Å². The van der Waals surface area contributed by atoms with Crippen LogP contribution in [0.25, 0.3) is 0 Å². The molecule has 2 N–H and O–H groups in total. The molecule has 4 nitrogen and oxygen atoms in total. The van der Waals surface area contributed by atoms with Gasteiger partial charge < -0.3 is 14.9 Å². The molecule has 0 bridgehead atoms. The van der Waals surface area contributed by atoms with Crippen LogP contribution in [0, 0.1) is 0 Å². The molecule has 0 saturated heterocycles. The van der Waals surface area contributed by atoms with E-state index in [0.717, 1.165) is 0 Å². The summed E-state index contributed by atoms with van der Waals surface area (Å²) in [5, 5.41) is 19.8. The van der Waals surface area contributed by atoms with E-state index in [1.54, 1.807) is 25.1 Å². The van der Waals surface area contributed by atoms with Gasteiger partial charge in [0.05, 0.1) is 12.5 Å². The molecule has 2 rings (SSSR count). The van der Waals surface area contributed by atoms with Crippen LogP contribution in [-0.2, 0) is 10.4 Å². The highest BCUT2D eigenvalue weighted by molar-refractivity contribution is 6.30. The molecule has 0 aromatic heterocycles. The fraction of sp³-hybridized carbons (Fsp3) is 0.417. The highest BCUT2D eigenvalue weighted by Gasteiger charge is 2.40. The molecule has 5 heteroatoms. The monoisotopic (exact) mass is 256 g/mol. The third-order valence-corrected chi connectivity index (χ3v) is 3.08. The van der Waals surface area contributed by atoms with Crippen LogP contribution < -0.4 is 4.74 Å². The number of hydrogen-bond donors (Lipinski definition) is 2. The maximum absolute atomic E-state index is 10.8. The van der Waals surface area contributed by atoms with Gasteiger partial charge in [-0.05, 0) is 19.1 Å². The third kappa shape index (κ3) is 2.37. The molecule has 0 fully saturated rings. The summed E-state index contributed by atoms with van der Waals surface area (Å²) < 4.78 is 5.55. The Kier molecular flexibility index (Phi) is 3.02. The number of carbonyl (C=O) groups is 1. The van der Waals surface area contributed by atoms with E-state index in [9.17, 15) is 9.90 Å². The molecular formula is C12H13ClO4. The van der Waals surface area contributed by atoms with Gasteiger partial charge in [0.25, 0.3) is 0 Å². The second-order valence-electron chi connectivity index (χ2n) is 4.38. The molecule has 1 heterocycles. The van der Waals surface area contributed by atoms with Crippen LogP contribution >= 0.6 is 11.6 Å². The van der Waals surface area contributed by atoms with Gasteiger partial charge in [0.2, 0.25) is 0 Å². The Labute approximate surface area is 104 Å². The summed E-state index contributed by atoms with van der Waals surface area (Å²) in [6.07, 6.45) is -0.325. The first-order chi connectivity index (χ1) is 7.90. The second kappa shape index (κ2) is 4.20. The van der Waals surface area contributed by atoms with Crippen molar-refractivity contribution in [1.29, 1.82) is 0 Å². The lowest BCUT2D eigenvalue weighted by Crippen LogP contribution is -2.38. The molecule has 1 aliphatic rings. The van der Waals surface area contributed by atoms with Crippen molar-refractivity contribution in [3.8, 4) is 5.75 Å². The van der Waals surface area contributed by atoms with Crippen LogP contribution in [0.2, 0.25) is 5.02 Å². The second-order valence-corrected chi connectivity index (χ2v) is 4.81. The van der Waals surface area contributed by atoms with Gasteiger partial charge in [-0.2, -0.15) is 0 Å². The predicted molar refractivity (Wildman–Crippen MR) is 62.3 cm³/mol. The lowest BCUT2D eigenvalue weighted by molar-refractivity contribution is -0.145. The van der Waals surface area contributed by atoms with E-state index in [4.69, 9.17) is 21.4 Å². The van der Waals surface area contributed by atoms with Crippen LogP contribution in [0.15, 0.2) is 18.2 Å². The van der Waals surface area contributed by atoms with E-state index in [1.807, 2.05) is 0 Å². The van der Waals surface area contributed by atoms with Gasteiger partial charge in [-0.15, -0.1) is 0 Å². The normalized spacial score (nSPS) is 27.1. The van der Waals surface area contributed by atoms with E-state index in [-0.39, 0.29) is 18.9 Å². The Hall–Kier alpha value is -1.26. The SMILES string of the molecule is C[C@@H]1C[C@@](O)(CC(=O)O)c2ccc(Cl)cc2O1. The Balaban J connectivity index is 2.47. The standard InChI is InChI=1S/C12H13ClO4/c1-7-5-12(16,6-11(14)15)9-3-2-8(13)4-10(9)17-7/h2-4,7,16H,5-6H2,1H3,(H,14,15)/t7-,12-/m1/s1. The molecule has 1 aromatic carbocycles. The molecule has 0 saturated carbocycles. The minimum Gasteiger partial charge on any atom is -0.490 e. The van der Waals surface area contributed by atoms with Crippen molar-refractivity contribution in [3.63, 3.8) is 0 Å². The summed E-state index contributed by atoms with van der Waals surface area (Å²) in [5.74, 6) is -0.581. The summed E-state index contributed by atoms with van der Waals surface area (Å²) >= 11 is 5.85. The van der Waals surface area contributed by atoms with E-state index in [1.165, 1.54) is 0 Å². The van der Waals surface area contributed by atoms with Crippen molar-refractivity contribution in [3.05, 3.63) is 28.8 Å².